The number of hydrogen-bond donors (Lipinski definition) is 1. The molecule has 6 heteroatoms. The van der Waals surface area contributed by atoms with Gasteiger partial charge in [0.25, 0.3) is 11.6 Å². The lowest BCUT2D eigenvalue weighted by Gasteiger charge is -2.05. The molecular weight excluding hydrogens is 196 g/mol. The number of carboxylic acids is 1. The molecule has 0 aromatic carbocycles. The van der Waals surface area contributed by atoms with Crippen LogP contribution in [-0.2, 0) is 0 Å². The largest absolute Gasteiger partial charge is 0.475 e. The minimum Gasteiger partial charge on any atom is -0.475 e. The molecule has 2 heterocycles. The van der Waals surface area contributed by atoms with E-state index in [4.69, 9.17) is 5.11 Å². The zero-order valence-electron chi connectivity index (χ0n) is 8.38. The van der Waals surface area contributed by atoms with Crippen molar-refractivity contribution in [1.82, 2.24) is 19.6 Å². The summed E-state index contributed by atoms with van der Waals surface area (Å²) in [7, 11) is 0. The number of aromatic nitrogens is 4. The van der Waals surface area contributed by atoms with E-state index >= 15 is 0 Å². The van der Waals surface area contributed by atoms with Crippen molar-refractivity contribution in [2.45, 2.75) is 19.8 Å². The van der Waals surface area contributed by atoms with Gasteiger partial charge in [0.2, 0.25) is 0 Å². The average molecular weight is 206 g/mol. The van der Waals surface area contributed by atoms with Crippen LogP contribution in [0.1, 0.15) is 36.1 Å². The Morgan fingerprint density at radius 2 is 2.27 bits per heavy atom. The molecule has 2 aromatic rings. The molecule has 0 spiro atoms. The Balaban J connectivity index is 2.69. The molecule has 0 fully saturated rings. The maximum absolute atomic E-state index is 10.7. The first-order valence-electron chi connectivity index (χ1n) is 4.54. The van der Waals surface area contributed by atoms with E-state index in [1.54, 1.807) is 12.3 Å². The summed E-state index contributed by atoms with van der Waals surface area (Å²) in [5.74, 6) is -0.816. The van der Waals surface area contributed by atoms with Gasteiger partial charge in [-0.2, -0.15) is 4.98 Å². The Morgan fingerprint density at radius 1 is 1.53 bits per heavy atom. The molecule has 1 N–H and O–H groups in total. The van der Waals surface area contributed by atoms with E-state index < -0.39 is 5.97 Å². The topological polar surface area (TPSA) is 80.4 Å². The van der Waals surface area contributed by atoms with Gasteiger partial charge in [-0.15, -0.1) is 5.10 Å². The summed E-state index contributed by atoms with van der Waals surface area (Å²) >= 11 is 0. The minimum absolute atomic E-state index is 0.226. The number of nitrogens with zero attached hydrogens (tertiary/aromatic N) is 4. The van der Waals surface area contributed by atoms with Crippen molar-refractivity contribution in [3.05, 3.63) is 23.8 Å². The number of carboxylic acid groups (broad SMARTS) is 1. The van der Waals surface area contributed by atoms with Crippen molar-refractivity contribution in [3.8, 4) is 0 Å². The number of fused-ring (bicyclic) bond motifs is 1. The van der Waals surface area contributed by atoms with Gasteiger partial charge in [0.15, 0.2) is 0 Å². The van der Waals surface area contributed by atoms with E-state index in [0.29, 0.717) is 5.78 Å². The van der Waals surface area contributed by atoms with Gasteiger partial charge >= 0.3 is 5.97 Å². The van der Waals surface area contributed by atoms with Crippen molar-refractivity contribution < 1.29 is 9.90 Å². The highest BCUT2D eigenvalue weighted by Crippen LogP contribution is 2.13. The fourth-order valence-corrected chi connectivity index (χ4v) is 1.34. The molecule has 0 bridgehead atoms. The SMILES string of the molecule is CC(C)c1ccnc2nc(C(=O)O)nn12. The summed E-state index contributed by atoms with van der Waals surface area (Å²) in [6.07, 6.45) is 1.60. The van der Waals surface area contributed by atoms with Crippen LogP contribution < -0.4 is 0 Å². The number of aromatic carboxylic acids is 1. The Labute approximate surface area is 85.6 Å². The first-order valence-corrected chi connectivity index (χ1v) is 4.54. The molecule has 0 amide bonds. The monoisotopic (exact) mass is 206 g/mol. The highest BCUT2D eigenvalue weighted by Gasteiger charge is 2.14. The predicted molar refractivity (Wildman–Crippen MR) is 51.8 cm³/mol. The van der Waals surface area contributed by atoms with E-state index in [0.717, 1.165) is 5.69 Å². The third-order valence-corrected chi connectivity index (χ3v) is 2.05. The van der Waals surface area contributed by atoms with Crippen LogP contribution in [0.25, 0.3) is 5.78 Å². The normalized spacial score (nSPS) is 11.1. The van der Waals surface area contributed by atoms with E-state index in [1.165, 1.54) is 4.52 Å². The van der Waals surface area contributed by atoms with Crippen molar-refractivity contribution in [2.75, 3.05) is 0 Å². The zero-order chi connectivity index (χ0) is 11.0. The summed E-state index contributed by atoms with van der Waals surface area (Å²) < 4.78 is 1.47. The Bertz CT molecular complexity index is 518. The highest BCUT2D eigenvalue weighted by atomic mass is 16.4. The van der Waals surface area contributed by atoms with Gasteiger partial charge in [0.05, 0.1) is 5.69 Å². The maximum atomic E-state index is 10.7. The fraction of sp³-hybridized carbons (Fsp3) is 0.333. The Kier molecular flexibility index (Phi) is 2.11. The average Bonchev–Trinajstić information content (AvgIpc) is 2.60. The fourth-order valence-electron chi connectivity index (χ4n) is 1.34. The highest BCUT2D eigenvalue weighted by molar-refractivity contribution is 5.83. The molecule has 0 aliphatic carbocycles. The van der Waals surface area contributed by atoms with Gasteiger partial charge in [0.1, 0.15) is 0 Å². The standard InChI is InChI=1S/C9H10N4O2/c1-5(2)6-3-4-10-9-11-7(8(14)15)12-13(6)9/h3-5H,1-2H3,(H,14,15). The summed E-state index contributed by atoms with van der Waals surface area (Å²) in [4.78, 5) is 18.4. The molecule has 0 unspecified atom stereocenters. The van der Waals surface area contributed by atoms with Crippen molar-refractivity contribution in [1.29, 1.82) is 0 Å². The lowest BCUT2D eigenvalue weighted by molar-refractivity contribution is 0.0684. The minimum atomic E-state index is -1.14. The van der Waals surface area contributed by atoms with E-state index in [2.05, 4.69) is 15.1 Å². The smallest absolute Gasteiger partial charge is 0.375 e. The molecule has 78 valence electrons. The van der Waals surface area contributed by atoms with Crippen LogP contribution in [0.3, 0.4) is 0 Å². The van der Waals surface area contributed by atoms with Crippen LogP contribution >= 0.6 is 0 Å². The summed E-state index contributed by atoms with van der Waals surface area (Å²) in [6, 6.07) is 1.80. The second-order valence-electron chi connectivity index (χ2n) is 3.48. The van der Waals surface area contributed by atoms with Crippen LogP contribution in [0.2, 0.25) is 0 Å². The van der Waals surface area contributed by atoms with Crippen LogP contribution in [0.15, 0.2) is 12.3 Å². The van der Waals surface area contributed by atoms with Gasteiger partial charge in [-0.1, -0.05) is 13.8 Å². The van der Waals surface area contributed by atoms with E-state index in [9.17, 15) is 4.79 Å². The molecule has 2 aromatic heterocycles. The lowest BCUT2D eigenvalue weighted by Crippen LogP contribution is -2.03. The molecular formula is C9H10N4O2. The van der Waals surface area contributed by atoms with Crippen LogP contribution in [0.5, 0.6) is 0 Å². The summed E-state index contributed by atoms with van der Waals surface area (Å²) in [6.45, 7) is 3.99. The van der Waals surface area contributed by atoms with E-state index in [1.807, 2.05) is 13.8 Å². The van der Waals surface area contributed by atoms with Gasteiger partial charge in [-0.3, -0.25) is 0 Å². The Morgan fingerprint density at radius 3 is 2.87 bits per heavy atom. The molecule has 0 radical (unpaired) electrons. The molecule has 2 rings (SSSR count). The van der Waals surface area contributed by atoms with Crippen LogP contribution in [0, 0.1) is 0 Å². The van der Waals surface area contributed by atoms with Crippen molar-refractivity contribution in [2.24, 2.45) is 0 Å². The van der Waals surface area contributed by atoms with Gasteiger partial charge in [0, 0.05) is 6.20 Å². The zero-order valence-corrected chi connectivity index (χ0v) is 8.38. The van der Waals surface area contributed by atoms with Gasteiger partial charge in [-0.25, -0.2) is 14.3 Å². The van der Waals surface area contributed by atoms with Gasteiger partial charge < -0.3 is 5.11 Å². The molecule has 15 heavy (non-hydrogen) atoms. The molecule has 0 aliphatic heterocycles. The molecule has 0 saturated heterocycles. The molecule has 6 nitrogen and oxygen atoms in total. The van der Waals surface area contributed by atoms with Crippen LogP contribution in [-0.4, -0.2) is 30.7 Å². The lowest BCUT2D eigenvalue weighted by atomic mass is 10.1. The molecule has 0 aliphatic rings. The van der Waals surface area contributed by atoms with Gasteiger partial charge in [-0.05, 0) is 12.0 Å². The molecule has 0 saturated carbocycles. The second kappa shape index (κ2) is 3.30. The number of hydrogen-bond acceptors (Lipinski definition) is 4. The first kappa shape index (κ1) is 9.57. The summed E-state index contributed by atoms with van der Waals surface area (Å²) in [5.41, 5.74) is 0.889. The van der Waals surface area contributed by atoms with Crippen molar-refractivity contribution in [3.63, 3.8) is 0 Å². The van der Waals surface area contributed by atoms with E-state index in [-0.39, 0.29) is 11.7 Å². The third-order valence-electron chi connectivity index (χ3n) is 2.05. The second-order valence-corrected chi connectivity index (χ2v) is 3.48. The third kappa shape index (κ3) is 1.54. The van der Waals surface area contributed by atoms with Crippen molar-refractivity contribution >= 4 is 11.7 Å². The maximum Gasteiger partial charge on any atom is 0.375 e. The number of carbonyl (C=O) groups is 1. The quantitative estimate of drug-likeness (QED) is 0.791. The Hall–Kier alpha value is -1.98. The summed E-state index contributed by atoms with van der Waals surface area (Å²) in [5, 5.41) is 12.6. The number of rotatable bonds is 2. The van der Waals surface area contributed by atoms with Crippen LogP contribution in [0.4, 0.5) is 0 Å². The predicted octanol–water partition coefficient (Wildman–Crippen LogP) is 0.946. The molecule has 0 atom stereocenters. The first-order chi connectivity index (χ1) is 7.09.